The average molecular weight is 348 g/mol. The Morgan fingerprint density at radius 2 is 1.89 bits per heavy atom. The topological polar surface area (TPSA) is 46.2 Å². The van der Waals surface area contributed by atoms with Crippen molar-refractivity contribution in [2.24, 2.45) is 5.92 Å². The molecule has 0 heterocycles. The van der Waals surface area contributed by atoms with E-state index in [1.54, 1.807) is 0 Å². The predicted molar refractivity (Wildman–Crippen MR) is 84.2 cm³/mol. The highest BCUT2D eigenvalue weighted by molar-refractivity contribution is 9.10. The molecule has 1 N–H and O–H groups in total. The van der Waals surface area contributed by atoms with Crippen LogP contribution in [0.25, 0.3) is 0 Å². The Bertz CT molecular complexity index is 471. The van der Waals surface area contributed by atoms with Crippen LogP contribution in [0.4, 0.5) is 0 Å². The maximum atomic E-state index is 11.1. The molecule has 0 amide bonds. The van der Waals surface area contributed by atoms with E-state index in [1.807, 2.05) is 19.2 Å². The fourth-order valence-electron chi connectivity index (χ4n) is 2.15. The van der Waals surface area contributed by atoms with Gasteiger partial charge in [-0.05, 0) is 56.5 Å². The first-order valence-electron chi connectivity index (χ1n) is 6.47. The van der Waals surface area contributed by atoms with Crippen molar-refractivity contribution < 1.29 is 8.42 Å². The van der Waals surface area contributed by atoms with E-state index in [1.165, 1.54) is 11.8 Å². The Hall–Kier alpha value is -0.390. The summed E-state index contributed by atoms with van der Waals surface area (Å²) in [6.45, 7) is 0.916. The number of nitrogens with one attached hydrogen (secondary N) is 1. The standard InChI is InChI=1S/C14H22BrNO2S/c1-16-11-13(4-3-9-19(2,17)18)10-12-5-7-14(15)8-6-12/h5-8,13,16H,3-4,9-11H2,1-2H3. The number of sulfone groups is 1. The van der Waals surface area contributed by atoms with Crippen molar-refractivity contribution in [1.82, 2.24) is 5.32 Å². The van der Waals surface area contributed by atoms with Crippen LogP contribution in [-0.4, -0.2) is 34.0 Å². The van der Waals surface area contributed by atoms with Gasteiger partial charge in [0.1, 0.15) is 9.84 Å². The highest BCUT2D eigenvalue weighted by atomic mass is 79.9. The third-order valence-corrected chi connectivity index (χ3v) is 4.62. The molecule has 0 saturated carbocycles. The molecule has 1 rings (SSSR count). The Balaban J connectivity index is 2.50. The largest absolute Gasteiger partial charge is 0.319 e. The summed E-state index contributed by atoms with van der Waals surface area (Å²) < 4.78 is 23.4. The van der Waals surface area contributed by atoms with Gasteiger partial charge < -0.3 is 5.32 Å². The Kier molecular flexibility index (Phi) is 7.04. The van der Waals surface area contributed by atoms with Gasteiger partial charge in [-0.1, -0.05) is 28.1 Å². The molecular formula is C14H22BrNO2S. The summed E-state index contributed by atoms with van der Waals surface area (Å²) in [5.74, 6) is 0.765. The van der Waals surface area contributed by atoms with Crippen LogP contribution in [0.2, 0.25) is 0 Å². The smallest absolute Gasteiger partial charge is 0.147 e. The van der Waals surface area contributed by atoms with Crippen LogP contribution >= 0.6 is 15.9 Å². The lowest BCUT2D eigenvalue weighted by Gasteiger charge is -2.16. The molecule has 0 aromatic heterocycles. The second-order valence-corrected chi connectivity index (χ2v) is 8.20. The number of hydrogen-bond acceptors (Lipinski definition) is 3. The molecule has 0 spiro atoms. The van der Waals surface area contributed by atoms with Gasteiger partial charge in [0.15, 0.2) is 0 Å². The Labute approximate surface area is 124 Å². The van der Waals surface area contributed by atoms with Gasteiger partial charge in [-0.3, -0.25) is 0 Å². The van der Waals surface area contributed by atoms with E-state index in [0.29, 0.717) is 5.92 Å². The van der Waals surface area contributed by atoms with Gasteiger partial charge in [0, 0.05) is 16.5 Å². The van der Waals surface area contributed by atoms with Crippen molar-refractivity contribution >= 4 is 25.8 Å². The minimum atomic E-state index is -2.84. The first kappa shape index (κ1) is 16.7. The SMILES string of the molecule is CNCC(CCCS(C)(=O)=O)Cc1ccc(Br)cc1. The first-order valence-corrected chi connectivity index (χ1v) is 9.33. The maximum absolute atomic E-state index is 11.1. The van der Waals surface area contributed by atoms with Crippen LogP contribution in [0.3, 0.4) is 0 Å². The summed E-state index contributed by atoms with van der Waals surface area (Å²) in [6, 6.07) is 8.32. The molecule has 1 aromatic carbocycles. The number of rotatable bonds is 8. The minimum absolute atomic E-state index is 0.285. The Morgan fingerprint density at radius 1 is 1.26 bits per heavy atom. The lowest BCUT2D eigenvalue weighted by Crippen LogP contribution is -2.21. The van der Waals surface area contributed by atoms with E-state index in [0.717, 1.165) is 30.3 Å². The molecule has 5 heteroatoms. The maximum Gasteiger partial charge on any atom is 0.147 e. The molecule has 0 saturated heterocycles. The van der Waals surface area contributed by atoms with Gasteiger partial charge in [0.05, 0.1) is 0 Å². The average Bonchev–Trinajstić information content (AvgIpc) is 2.30. The van der Waals surface area contributed by atoms with Gasteiger partial charge in [-0.25, -0.2) is 8.42 Å². The predicted octanol–water partition coefficient (Wildman–Crippen LogP) is 2.65. The van der Waals surface area contributed by atoms with E-state index >= 15 is 0 Å². The first-order chi connectivity index (χ1) is 8.90. The molecule has 0 fully saturated rings. The second kappa shape index (κ2) is 8.02. The monoisotopic (exact) mass is 347 g/mol. The zero-order valence-electron chi connectivity index (χ0n) is 11.5. The van der Waals surface area contributed by atoms with Crippen LogP contribution in [-0.2, 0) is 16.3 Å². The van der Waals surface area contributed by atoms with Crippen LogP contribution in [0.5, 0.6) is 0 Å². The molecule has 1 unspecified atom stereocenters. The summed E-state index contributed by atoms with van der Waals surface area (Å²) in [7, 11) is -0.904. The van der Waals surface area contributed by atoms with Crippen LogP contribution in [0, 0.1) is 5.92 Å². The molecule has 108 valence electrons. The van der Waals surface area contributed by atoms with E-state index in [4.69, 9.17) is 0 Å². The van der Waals surface area contributed by atoms with Crippen molar-refractivity contribution in [3.63, 3.8) is 0 Å². The molecule has 0 aliphatic rings. The normalized spacial score (nSPS) is 13.4. The van der Waals surface area contributed by atoms with Crippen LogP contribution < -0.4 is 5.32 Å². The Morgan fingerprint density at radius 3 is 2.42 bits per heavy atom. The molecule has 3 nitrogen and oxygen atoms in total. The van der Waals surface area contributed by atoms with Gasteiger partial charge in [-0.15, -0.1) is 0 Å². The van der Waals surface area contributed by atoms with E-state index in [2.05, 4.69) is 33.4 Å². The van der Waals surface area contributed by atoms with Gasteiger partial charge >= 0.3 is 0 Å². The van der Waals surface area contributed by atoms with E-state index < -0.39 is 9.84 Å². The third-order valence-electron chi connectivity index (χ3n) is 3.06. The van der Waals surface area contributed by atoms with Crippen molar-refractivity contribution in [1.29, 1.82) is 0 Å². The fraction of sp³-hybridized carbons (Fsp3) is 0.571. The quantitative estimate of drug-likeness (QED) is 0.786. The van der Waals surface area contributed by atoms with E-state index in [9.17, 15) is 8.42 Å². The highest BCUT2D eigenvalue weighted by Crippen LogP contribution is 2.17. The molecule has 0 bridgehead atoms. The number of halogens is 1. The molecule has 0 aliphatic carbocycles. The van der Waals surface area contributed by atoms with Crippen LogP contribution in [0.15, 0.2) is 28.7 Å². The van der Waals surface area contributed by atoms with Crippen molar-refractivity contribution in [2.45, 2.75) is 19.3 Å². The number of hydrogen-bond donors (Lipinski definition) is 1. The molecule has 1 atom stereocenters. The van der Waals surface area contributed by atoms with Gasteiger partial charge in [0.25, 0.3) is 0 Å². The summed E-state index contributed by atoms with van der Waals surface area (Å²) in [4.78, 5) is 0. The zero-order valence-corrected chi connectivity index (χ0v) is 13.9. The summed E-state index contributed by atoms with van der Waals surface area (Å²) in [5, 5.41) is 3.19. The molecule has 1 aromatic rings. The lowest BCUT2D eigenvalue weighted by atomic mass is 9.95. The van der Waals surface area contributed by atoms with Crippen LogP contribution in [0.1, 0.15) is 18.4 Å². The molecule has 19 heavy (non-hydrogen) atoms. The van der Waals surface area contributed by atoms with Gasteiger partial charge in [-0.2, -0.15) is 0 Å². The lowest BCUT2D eigenvalue weighted by molar-refractivity contribution is 0.455. The molecular weight excluding hydrogens is 326 g/mol. The highest BCUT2D eigenvalue weighted by Gasteiger charge is 2.11. The summed E-state index contributed by atoms with van der Waals surface area (Å²) >= 11 is 3.43. The minimum Gasteiger partial charge on any atom is -0.319 e. The van der Waals surface area contributed by atoms with E-state index in [-0.39, 0.29) is 5.75 Å². The third kappa shape index (κ3) is 7.70. The van der Waals surface area contributed by atoms with Crippen molar-refractivity contribution in [3.05, 3.63) is 34.3 Å². The summed E-state index contributed by atoms with van der Waals surface area (Å²) in [5.41, 5.74) is 1.29. The van der Waals surface area contributed by atoms with Gasteiger partial charge in [0.2, 0.25) is 0 Å². The van der Waals surface area contributed by atoms with Crippen molar-refractivity contribution in [3.8, 4) is 0 Å². The fourth-order valence-corrected chi connectivity index (χ4v) is 3.11. The molecule has 0 aliphatic heterocycles. The molecule has 0 radical (unpaired) electrons. The zero-order chi connectivity index (χ0) is 14.3. The van der Waals surface area contributed by atoms with Crippen molar-refractivity contribution in [2.75, 3.05) is 25.6 Å². The second-order valence-electron chi connectivity index (χ2n) is 5.03. The number of benzene rings is 1. The summed E-state index contributed by atoms with van der Waals surface area (Å²) in [6.07, 6.45) is 3.96.